The molecule has 3 rings (SSSR count). The van der Waals surface area contributed by atoms with Gasteiger partial charge >= 0.3 is 0 Å². The van der Waals surface area contributed by atoms with Crippen LogP contribution in [0.4, 0.5) is 5.69 Å². The zero-order valence-electron chi connectivity index (χ0n) is 15.0. The molecule has 26 heavy (non-hydrogen) atoms. The molecule has 0 unspecified atom stereocenters. The van der Waals surface area contributed by atoms with Gasteiger partial charge in [0.05, 0.1) is 13.2 Å². The van der Waals surface area contributed by atoms with Crippen LogP contribution in [0.1, 0.15) is 13.3 Å². The fraction of sp³-hybridized carbons (Fsp3) is 0.556. The van der Waals surface area contributed by atoms with Crippen LogP contribution in [0.25, 0.3) is 0 Å². The van der Waals surface area contributed by atoms with Gasteiger partial charge in [0.2, 0.25) is 18.6 Å². The van der Waals surface area contributed by atoms with Crippen molar-refractivity contribution in [2.45, 2.75) is 13.3 Å². The Morgan fingerprint density at radius 3 is 2.73 bits per heavy atom. The molecule has 0 spiro atoms. The molecule has 8 nitrogen and oxygen atoms in total. The number of hydrogen-bond donors (Lipinski definition) is 1. The Balaban J connectivity index is 1.46. The number of carbonyl (C=O) groups is 2. The minimum absolute atomic E-state index is 0.0646. The van der Waals surface area contributed by atoms with Gasteiger partial charge in [-0.25, -0.2) is 0 Å². The zero-order chi connectivity index (χ0) is 18.4. The maximum Gasteiger partial charge on any atom is 0.231 e. The van der Waals surface area contributed by atoms with Crippen molar-refractivity contribution in [3.05, 3.63) is 18.2 Å². The number of fused-ring (bicyclic) bond motifs is 1. The van der Waals surface area contributed by atoms with E-state index in [0.29, 0.717) is 30.3 Å². The summed E-state index contributed by atoms with van der Waals surface area (Å²) in [5.41, 5.74) is 0.697. The smallest absolute Gasteiger partial charge is 0.231 e. The van der Waals surface area contributed by atoms with E-state index in [9.17, 15) is 9.59 Å². The highest BCUT2D eigenvalue weighted by atomic mass is 16.7. The Morgan fingerprint density at radius 2 is 1.96 bits per heavy atom. The second kappa shape index (κ2) is 8.86. The predicted molar refractivity (Wildman–Crippen MR) is 95.5 cm³/mol. The van der Waals surface area contributed by atoms with Crippen LogP contribution in [-0.2, 0) is 14.3 Å². The number of ether oxygens (including phenoxy) is 3. The molecule has 1 saturated heterocycles. The summed E-state index contributed by atoms with van der Waals surface area (Å²) >= 11 is 0. The lowest BCUT2D eigenvalue weighted by Gasteiger charge is -2.26. The van der Waals surface area contributed by atoms with Crippen molar-refractivity contribution in [1.29, 1.82) is 0 Å². The van der Waals surface area contributed by atoms with Gasteiger partial charge in [0.25, 0.3) is 0 Å². The average molecular weight is 363 g/mol. The first-order chi connectivity index (χ1) is 12.6. The average Bonchev–Trinajstić information content (AvgIpc) is 3.10. The number of rotatable bonds is 7. The highest BCUT2D eigenvalue weighted by Gasteiger charge is 2.19. The fourth-order valence-corrected chi connectivity index (χ4v) is 3.00. The molecule has 0 aliphatic carbocycles. The van der Waals surface area contributed by atoms with Crippen molar-refractivity contribution >= 4 is 17.5 Å². The molecule has 0 atom stereocenters. The summed E-state index contributed by atoms with van der Waals surface area (Å²) in [6.07, 6.45) is 0.247. The van der Waals surface area contributed by atoms with Crippen molar-refractivity contribution in [3.8, 4) is 11.5 Å². The molecule has 2 aliphatic heterocycles. The van der Waals surface area contributed by atoms with E-state index in [0.717, 1.165) is 32.8 Å². The zero-order valence-corrected chi connectivity index (χ0v) is 15.0. The molecule has 2 aliphatic rings. The number of nitrogens with one attached hydrogen (secondary N) is 1. The topological polar surface area (TPSA) is 80.3 Å². The molecule has 8 heteroatoms. The third-order valence-electron chi connectivity index (χ3n) is 4.46. The SMILES string of the molecule is CC(=O)N(CCC(=O)NCCN1CCOCC1)c1ccc2c(c1)OCO2. The normalized spacial score (nSPS) is 16.3. The molecular formula is C18H25N3O5. The summed E-state index contributed by atoms with van der Waals surface area (Å²) in [7, 11) is 0. The maximum absolute atomic E-state index is 12.1. The van der Waals surface area contributed by atoms with Crippen LogP contribution in [0.5, 0.6) is 11.5 Å². The Hall–Kier alpha value is -2.32. The standard InChI is InChI=1S/C18H25N3O5/c1-14(22)21(15-2-3-16-17(12-15)26-13-25-16)6-4-18(23)19-5-7-20-8-10-24-11-9-20/h2-3,12H,4-11,13H2,1H3,(H,19,23). The van der Waals surface area contributed by atoms with E-state index in [2.05, 4.69) is 10.2 Å². The summed E-state index contributed by atoms with van der Waals surface area (Å²) < 4.78 is 15.9. The molecule has 142 valence electrons. The first kappa shape index (κ1) is 18.5. The van der Waals surface area contributed by atoms with Gasteiger partial charge < -0.3 is 24.4 Å². The Kier molecular flexibility index (Phi) is 6.30. The fourth-order valence-electron chi connectivity index (χ4n) is 3.00. The largest absolute Gasteiger partial charge is 0.454 e. The molecule has 1 N–H and O–H groups in total. The second-order valence-corrected chi connectivity index (χ2v) is 6.26. The summed E-state index contributed by atoms with van der Waals surface area (Å²) in [5.74, 6) is 1.09. The van der Waals surface area contributed by atoms with Crippen molar-refractivity contribution in [3.63, 3.8) is 0 Å². The summed E-state index contributed by atoms with van der Waals surface area (Å²) in [6.45, 7) is 6.70. The third-order valence-corrected chi connectivity index (χ3v) is 4.46. The Morgan fingerprint density at radius 1 is 1.19 bits per heavy atom. The van der Waals surface area contributed by atoms with Gasteiger partial charge in [-0.15, -0.1) is 0 Å². The number of nitrogens with zero attached hydrogens (tertiary/aromatic N) is 2. The van der Waals surface area contributed by atoms with E-state index in [1.165, 1.54) is 6.92 Å². The molecule has 1 aromatic rings. The van der Waals surface area contributed by atoms with E-state index in [1.54, 1.807) is 23.1 Å². The lowest BCUT2D eigenvalue weighted by atomic mass is 10.2. The first-order valence-electron chi connectivity index (χ1n) is 8.88. The van der Waals surface area contributed by atoms with Gasteiger partial charge in [0, 0.05) is 57.8 Å². The van der Waals surface area contributed by atoms with E-state index in [4.69, 9.17) is 14.2 Å². The minimum atomic E-state index is -0.120. The van der Waals surface area contributed by atoms with E-state index in [-0.39, 0.29) is 25.0 Å². The monoisotopic (exact) mass is 363 g/mol. The summed E-state index contributed by atoms with van der Waals surface area (Å²) in [5, 5.41) is 2.91. The Bertz CT molecular complexity index is 646. The van der Waals surface area contributed by atoms with Crippen molar-refractivity contribution in [2.24, 2.45) is 0 Å². The minimum Gasteiger partial charge on any atom is -0.454 e. The molecule has 2 amide bonds. The molecule has 0 bridgehead atoms. The van der Waals surface area contributed by atoms with E-state index < -0.39 is 0 Å². The van der Waals surface area contributed by atoms with Gasteiger partial charge in [0.15, 0.2) is 11.5 Å². The number of hydrogen-bond acceptors (Lipinski definition) is 6. The molecule has 1 fully saturated rings. The molecule has 1 aromatic carbocycles. The van der Waals surface area contributed by atoms with Gasteiger partial charge in [-0.1, -0.05) is 0 Å². The van der Waals surface area contributed by atoms with Crippen molar-refractivity contribution in [1.82, 2.24) is 10.2 Å². The van der Waals surface area contributed by atoms with Crippen LogP contribution in [0.2, 0.25) is 0 Å². The molecular weight excluding hydrogens is 338 g/mol. The molecule has 0 radical (unpaired) electrons. The van der Waals surface area contributed by atoms with Crippen LogP contribution in [0.3, 0.4) is 0 Å². The first-order valence-corrected chi connectivity index (χ1v) is 8.88. The lowest BCUT2D eigenvalue weighted by Crippen LogP contribution is -2.42. The lowest BCUT2D eigenvalue weighted by molar-refractivity contribution is -0.121. The van der Waals surface area contributed by atoms with Crippen LogP contribution in [0, 0.1) is 0 Å². The maximum atomic E-state index is 12.1. The van der Waals surface area contributed by atoms with Crippen molar-refractivity contribution in [2.75, 3.05) is 57.6 Å². The number of morpholine rings is 1. The van der Waals surface area contributed by atoms with Gasteiger partial charge in [-0.05, 0) is 12.1 Å². The van der Waals surface area contributed by atoms with Crippen LogP contribution in [0.15, 0.2) is 18.2 Å². The number of anilines is 1. The summed E-state index contributed by atoms with van der Waals surface area (Å²) in [4.78, 5) is 27.9. The number of amides is 2. The molecule has 0 aromatic heterocycles. The quantitative estimate of drug-likeness (QED) is 0.764. The predicted octanol–water partition coefficient (Wildman–Crippen LogP) is 0.607. The Labute approximate surface area is 153 Å². The van der Waals surface area contributed by atoms with Crippen LogP contribution in [-0.4, -0.2) is 69.4 Å². The van der Waals surface area contributed by atoms with E-state index in [1.807, 2.05) is 0 Å². The summed E-state index contributed by atoms with van der Waals surface area (Å²) in [6, 6.07) is 5.33. The second-order valence-electron chi connectivity index (χ2n) is 6.26. The highest BCUT2D eigenvalue weighted by molar-refractivity contribution is 5.92. The highest BCUT2D eigenvalue weighted by Crippen LogP contribution is 2.35. The van der Waals surface area contributed by atoms with Gasteiger partial charge in [-0.3, -0.25) is 14.5 Å². The van der Waals surface area contributed by atoms with Gasteiger partial charge in [-0.2, -0.15) is 0 Å². The van der Waals surface area contributed by atoms with Crippen LogP contribution >= 0.6 is 0 Å². The van der Waals surface area contributed by atoms with Gasteiger partial charge in [0.1, 0.15) is 0 Å². The van der Waals surface area contributed by atoms with E-state index >= 15 is 0 Å². The molecule has 2 heterocycles. The van der Waals surface area contributed by atoms with Crippen LogP contribution < -0.4 is 19.7 Å². The number of carbonyl (C=O) groups excluding carboxylic acids is 2. The van der Waals surface area contributed by atoms with Crippen molar-refractivity contribution < 1.29 is 23.8 Å². The number of benzene rings is 1. The third kappa shape index (κ3) is 4.86. The molecule has 0 saturated carbocycles.